The smallest absolute Gasteiger partial charge is 0.328 e. The van der Waals surface area contributed by atoms with E-state index >= 15 is 0 Å². The number of amides is 4. The predicted molar refractivity (Wildman–Crippen MR) is 129 cm³/mol. The Kier molecular flexibility index (Phi) is 10.3. The van der Waals surface area contributed by atoms with Gasteiger partial charge in [-0.1, -0.05) is 37.3 Å². The summed E-state index contributed by atoms with van der Waals surface area (Å²) >= 11 is 0. The molecule has 0 spiro atoms. The Balaban J connectivity index is 0.000000230. The third-order valence-corrected chi connectivity index (χ3v) is 7.10. The van der Waals surface area contributed by atoms with E-state index in [1.165, 1.54) is 0 Å². The van der Waals surface area contributed by atoms with E-state index < -0.39 is 97.9 Å². The first kappa shape index (κ1) is 31.9. The van der Waals surface area contributed by atoms with Crippen molar-refractivity contribution in [3.8, 4) is 0 Å². The maximum atomic E-state index is 12.0. The highest BCUT2D eigenvalue weighted by atomic mass is 16.8. The summed E-state index contributed by atoms with van der Waals surface area (Å²) in [6, 6.07) is 7.96. The number of imide groups is 2. The van der Waals surface area contributed by atoms with E-state index in [4.69, 9.17) is 24.4 Å². The largest absolute Gasteiger partial charge is 0.394 e. The van der Waals surface area contributed by atoms with Crippen molar-refractivity contribution in [2.24, 2.45) is 0 Å². The molecule has 9 atom stereocenters. The lowest BCUT2D eigenvalue weighted by atomic mass is 9.75. The van der Waals surface area contributed by atoms with Crippen molar-refractivity contribution < 1.29 is 69.4 Å². The molecule has 4 amide bonds. The van der Waals surface area contributed by atoms with Crippen molar-refractivity contribution in [1.82, 2.24) is 10.6 Å². The average Bonchev–Trinajstić information content (AvgIpc) is 3.19. The Labute approximate surface area is 227 Å². The van der Waals surface area contributed by atoms with E-state index in [0.717, 1.165) is 0 Å². The fourth-order valence-electron chi connectivity index (χ4n) is 4.70. The Bertz CT molecular complexity index is 1020. The lowest BCUT2D eigenvalue weighted by Crippen LogP contribution is -2.64. The second kappa shape index (κ2) is 12.9. The van der Waals surface area contributed by atoms with Gasteiger partial charge >= 0.3 is 6.03 Å². The number of barbiturate groups is 1. The van der Waals surface area contributed by atoms with Gasteiger partial charge in [-0.2, -0.15) is 0 Å². The zero-order valence-electron chi connectivity index (χ0n) is 21.4. The quantitative estimate of drug-likeness (QED) is 0.137. The standard InChI is InChI=1S/C12H12N2O3.C12H22O11/c1-2-12(8-6-4-3-5-7-8)9(15)13-11(17)14-10(12)16;13-1-4-6(16)8(18)9(19)11(21-4)23-12(3-15)10(20)7(17)5(2-14)22-12/h3-7H,2H2,1H3,(H2,13,14,15,16,17);4-11,13-20H,1-3H2/t;4-,5-,6-,7-,8+,9-,10+,11-,12+/m.1/s1. The molecule has 0 aliphatic carbocycles. The van der Waals surface area contributed by atoms with Crippen LogP contribution >= 0.6 is 0 Å². The van der Waals surface area contributed by atoms with Crippen LogP contribution in [0.4, 0.5) is 4.79 Å². The van der Waals surface area contributed by atoms with Crippen molar-refractivity contribution >= 4 is 17.8 Å². The Morgan fingerprint density at radius 1 is 0.825 bits per heavy atom. The van der Waals surface area contributed by atoms with Gasteiger partial charge in [-0.25, -0.2) is 4.79 Å². The number of benzene rings is 1. The summed E-state index contributed by atoms with van der Waals surface area (Å²) in [6.07, 6.45) is -12.4. The molecular weight excluding hydrogens is 540 g/mol. The van der Waals surface area contributed by atoms with Crippen LogP contribution in [0.15, 0.2) is 30.3 Å². The van der Waals surface area contributed by atoms with Gasteiger partial charge in [-0.15, -0.1) is 0 Å². The van der Waals surface area contributed by atoms with Gasteiger partial charge < -0.3 is 55.1 Å². The van der Waals surface area contributed by atoms with Crippen molar-refractivity contribution in [2.45, 2.75) is 73.6 Å². The van der Waals surface area contributed by atoms with Gasteiger partial charge in [0.05, 0.1) is 13.2 Å². The van der Waals surface area contributed by atoms with Gasteiger partial charge in [0.1, 0.15) is 49.3 Å². The number of aliphatic hydroxyl groups excluding tert-OH is 8. The number of carbonyl (C=O) groups excluding carboxylic acids is 3. The van der Waals surface area contributed by atoms with E-state index in [0.29, 0.717) is 12.0 Å². The molecule has 40 heavy (non-hydrogen) atoms. The van der Waals surface area contributed by atoms with Crippen LogP contribution in [-0.2, 0) is 29.2 Å². The topological polar surface area (TPSA) is 265 Å². The Morgan fingerprint density at radius 2 is 1.40 bits per heavy atom. The second-order valence-electron chi connectivity index (χ2n) is 9.42. The average molecular weight is 575 g/mol. The summed E-state index contributed by atoms with van der Waals surface area (Å²) in [6.45, 7) is -0.584. The molecule has 3 fully saturated rings. The highest BCUT2D eigenvalue weighted by Gasteiger charge is 2.58. The first-order valence-corrected chi connectivity index (χ1v) is 12.4. The third-order valence-electron chi connectivity index (χ3n) is 7.10. The number of urea groups is 1. The molecule has 0 unspecified atom stereocenters. The number of ether oxygens (including phenoxy) is 3. The highest BCUT2D eigenvalue weighted by Crippen LogP contribution is 2.36. The maximum Gasteiger partial charge on any atom is 0.328 e. The number of hydrogen-bond donors (Lipinski definition) is 10. The minimum Gasteiger partial charge on any atom is -0.394 e. The van der Waals surface area contributed by atoms with Crippen molar-refractivity contribution in [3.63, 3.8) is 0 Å². The molecule has 1 aromatic carbocycles. The van der Waals surface area contributed by atoms with Crippen LogP contribution in [0.2, 0.25) is 0 Å². The maximum absolute atomic E-state index is 12.0. The van der Waals surface area contributed by atoms with Crippen molar-refractivity contribution in [1.29, 1.82) is 0 Å². The van der Waals surface area contributed by atoms with Gasteiger partial charge in [-0.3, -0.25) is 20.2 Å². The van der Waals surface area contributed by atoms with E-state index in [1.54, 1.807) is 37.3 Å². The minimum atomic E-state index is -2.22. The molecule has 224 valence electrons. The summed E-state index contributed by atoms with van der Waals surface area (Å²) in [5.74, 6) is -3.36. The summed E-state index contributed by atoms with van der Waals surface area (Å²) < 4.78 is 15.4. The second-order valence-corrected chi connectivity index (χ2v) is 9.42. The fourth-order valence-corrected chi connectivity index (χ4v) is 4.70. The van der Waals surface area contributed by atoms with Crippen LogP contribution in [0.25, 0.3) is 0 Å². The molecule has 0 saturated carbocycles. The molecule has 1 aromatic rings. The number of rotatable bonds is 7. The lowest BCUT2D eigenvalue weighted by molar-refractivity contribution is -0.383. The van der Waals surface area contributed by atoms with Crippen LogP contribution < -0.4 is 10.6 Å². The molecule has 3 aliphatic rings. The molecule has 10 N–H and O–H groups in total. The van der Waals surface area contributed by atoms with Crippen LogP contribution in [0.1, 0.15) is 18.9 Å². The molecule has 0 aromatic heterocycles. The molecule has 4 rings (SSSR count). The molecule has 3 saturated heterocycles. The van der Waals surface area contributed by atoms with Crippen molar-refractivity contribution in [3.05, 3.63) is 35.9 Å². The van der Waals surface area contributed by atoms with Gasteiger partial charge in [0, 0.05) is 0 Å². The molecule has 0 radical (unpaired) electrons. The summed E-state index contributed by atoms with van der Waals surface area (Å²) in [4.78, 5) is 35.0. The zero-order valence-corrected chi connectivity index (χ0v) is 21.4. The van der Waals surface area contributed by atoms with Gasteiger partial charge in [0.2, 0.25) is 17.6 Å². The van der Waals surface area contributed by atoms with Crippen molar-refractivity contribution in [2.75, 3.05) is 19.8 Å². The molecule has 0 bridgehead atoms. The minimum absolute atomic E-state index is 0.294. The summed E-state index contributed by atoms with van der Waals surface area (Å²) in [5.41, 5.74) is -0.722. The van der Waals surface area contributed by atoms with E-state index in [9.17, 15) is 45.0 Å². The summed E-state index contributed by atoms with van der Waals surface area (Å²) in [7, 11) is 0. The normalized spacial score (nSPS) is 37.3. The van der Waals surface area contributed by atoms with E-state index in [1.807, 2.05) is 0 Å². The SMILES string of the molecule is CCC1(c2ccccc2)C(=O)NC(=O)NC1=O.OC[C@H]1O[C@@](CO)(O[C@H]2O[C@H](CO)[C@@H](O)[C@H](O)[C@H]2O)[C@@H](O)[C@@H]1O. The van der Waals surface area contributed by atoms with Crippen LogP contribution in [0, 0.1) is 0 Å². The molecule has 16 heteroatoms. The number of nitrogens with one attached hydrogen (secondary N) is 2. The predicted octanol–water partition coefficient (Wildman–Crippen LogP) is -4.70. The Morgan fingerprint density at radius 3 is 1.88 bits per heavy atom. The molecule has 3 heterocycles. The highest BCUT2D eigenvalue weighted by molar-refractivity contribution is 6.22. The van der Waals surface area contributed by atoms with Gasteiger partial charge in [0.25, 0.3) is 0 Å². The van der Waals surface area contributed by atoms with Crippen LogP contribution in [0.5, 0.6) is 0 Å². The number of aliphatic hydroxyl groups is 8. The van der Waals surface area contributed by atoms with Gasteiger partial charge in [-0.05, 0) is 12.0 Å². The lowest BCUT2D eigenvalue weighted by Gasteiger charge is -2.43. The first-order valence-electron chi connectivity index (χ1n) is 12.4. The molecule has 16 nitrogen and oxygen atoms in total. The monoisotopic (exact) mass is 574 g/mol. The third kappa shape index (κ3) is 5.74. The molecular formula is C24H34N2O14. The molecule has 3 aliphatic heterocycles. The first-order chi connectivity index (χ1) is 18.9. The Hall–Kier alpha value is -2.61. The fraction of sp³-hybridized carbons (Fsp3) is 0.625. The van der Waals surface area contributed by atoms with Gasteiger partial charge in [0.15, 0.2) is 11.7 Å². The van der Waals surface area contributed by atoms with E-state index in [-0.39, 0.29) is 0 Å². The number of carbonyl (C=O) groups is 3. The van der Waals surface area contributed by atoms with Crippen LogP contribution in [-0.4, -0.2) is 133 Å². The number of hydrogen-bond acceptors (Lipinski definition) is 14. The summed E-state index contributed by atoms with van der Waals surface area (Å²) in [5, 5.41) is 80.9. The van der Waals surface area contributed by atoms with Crippen LogP contribution in [0.3, 0.4) is 0 Å². The van der Waals surface area contributed by atoms with E-state index in [2.05, 4.69) is 10.6 Å². The zero-order chi connectivity index (χ0) is 29.8.